The number of carbonyl (C=O) groups excluding carboxylic acids is 1. The van der Waals surface area contributed by atoms with Gasteiger partial charge in [-0.2, -0.15) is 5.06 Å². The first kappa shape index (κ1) is 18.0. The van der Waals surface area contributed by atoms with Crippen LogP contribution in [0.25, 0.3) is 0 Å². The van der Waals surface area contributed by atoms with Gasteiger partial charge in [-0.3, -0.25) is 9.63 Å². The summed E-state index contributed by atoms with van der Waals surface area (Å²) in [5.41, 5.74) is 6.29. The quantitative estimate of drug-likeness (QED) is 0.898. The van der Waals surface area contributed by atoms with Gasteiger partial charge < -0.3 is 5.73 Å². The molecule has 0 bridgehead atoms. The molecule has 1 saturated heterocycles. The first-order valence-electron chi connectivity index (χ1n) is 8.53. The molecule has 4 nitrogen and oxygen atoms in total. The van der Waals surface area contributed by atoms with E-state index in [0.29, 0.717) is 0 Å². The SMILES string of the molecule is CCC1(C)C(C(N)=O)CCC(C)(C)N1OC(C)c1ccccc1. The fourth-order valence-corrected chi connectivity index (χ4v) is 3.79. The summed E-state index contributed by atoms with van der Waals surface area (Å²) in [5, 5.41) is 2.05. The zero-order chi connectivity index (χ0) is 17.3. The molecule has 0 spiro atoms. The van der Waals surface area contributed by atoms with Gasteiger partial charge in [-0.15, -0.1) is 0 Å². The largest absolute Gasteiger partial charge is 0.369 e. The summed E-state index contributed by atoms with van der Waals surface area (Å²) >= 11 is 0. The summed E-state index contributed by atoms with van der Waals surface area (Å²) in [4.78, 5) is 18.4. The Morgan fingerprint density at radius 2 is 1.96 bits per heavy atom. The second kappa shape index (κ2) is 6.62. The summed E-state index contributed by atoms with van der Waals surface area (Å²) in [6, 6.07) is 10.2. The number of hydrogen-bond donors (Lipinski definition) is 1. The standard InChI is InChI=1S/C19H30N2O2/c1-6-19(5)16(17(20)22)12-13-18(3,4)21(19)23-14(2)15-10-8-7-9-11-15/h7-11,14,16H,6,12-13H2,1-5H3,(H2,20,22). The molecule has 1 aliphatic rings. The predicted octanol–water partition coefficient (Wildman–Crippen LogP) is 3.82. The van der Waals surface area contributed by atoms with Crippen molar-refractivity contribution in [2.75, 3.05) is 0 Å². The van der Waals surface area contributed by atoms with Crippen molar-refractivity contribution >= 4 is 5.91 Å². The normalized spacial score (nSPS) is 29.2. The minimum Gasteiger partial charge on any atom is -0.369 e. The molecule has 1 aromatic carbocycles. The molecule has 0 radical (unpaired) electrons. The van der Waals surface area contributed by atoms with Crippen LogP contribution in [0, 0.1) is 5.92 Å². The Morgan fingerprint density at radius 3 is 2.48 bits per heavy atom. The summed E-state index contributed by atoms with van der Waals surface area (Å²) in [7, 11) is 0. The van der Waals surface area contributed by atoms with Gasteiger partial charge in [0.05, 0.1) is 11.5 Å². The number of primary amides is 1. The Labute approximate surface area is 139 Å². The Bertz CT molecular complexity index is 544. The summed E-state index contributed by atoms with van der Waals surface area (Å²) in [6.45, 7) is 10.6. The van der Waals surface area contributed by atoms with Gasteiger partial charge in [0.2, 0.25) is 5.91 Å². The van der Waals surface area contributed by atoms with E-state index in [1.165, 1.54) is 0 Å². The Kier molecular flexibility index (Phi) is 5.17. The zero-order valence-corrected chi connectivity index (χ0v) is 15.0. The fraction of sp³-hybridized carbons (Fsp3) is 0.632. The molecular weight excluding hydrogens is 288 g/mol. The molecule has 128 valence electrons. The van der Waals surface area contributed by atoms with Gasteiger partial charge in [0.15, 0.2) is 0 Å². The monoisotopic (exact) mass is 318 g/mol. The van der Waals surface area contributed by atoms with Gasteiger partial charge >= 0.3 is 0 Å². The molecule has 3 atom stereocenters. The van der Waals surface area contributed by atoms with Crippen molar-refractivity contribution in [3.63, 3.8) is 0 Å². The summed E-state index contributed by atoms with van der Waals surface area (Å²) in [5.74, 6) is -0.422. The number of rotatable bonds is 5. The first-order valence-corrected chi connectivity index (χ1v) is 8.53. The number of piperidine rings is 1. The molecule has 1 aromatic rings. The van der Waals surface area contributed by atoms with Crippen LogP contribution in [0.1, 0.15) is 65.5 Å². The van der Waals surface area contributed by atoms with Crippen LogP contribution in [0.2, 0.25) is 0 Å². The van der Waals surface area contributed by atoms with Crippen molar-refractivity contribution in [1.29, 1.82) is 0 Å². The van der Waals surface area contributed by atoms with Crippen LogP contribution >= 0.6 is 0 Å². The van der Waals surface area contributed by atoms with Gasteiger partial charge in [0.1, 0.15) is 6.10 Å². The van der Waals surface area contributed by atoms with E-state index in [2.05, 4.69) is 51.8 Å². The minimum absolute atomic E-state index is 0.0759. The molecule has 3 unspecified atom stereocenters. The molecule has 1 aliphatic heterocycles. The Balaban J connectivity index is 2.32. The van der Waals surface area contributed by atoms with Crippen LogP contribution in [0.15, 0.2) is 30.3 Å². The lowest BCUT2D eigenvalue weighted by atomic mass is 9.71. The number of hydrogen-bond acceptors (Lipinski definition) is 3. The third-order valence-corrected chi connectivity index (χ3v) is 5.40. The summed E-state index contributed by atoms with van der Waals surface area (Å²) < 4.78 is 0. The molecular formula is C19H30N2O2. The van der Waals surface area contributed by atoms with Crippen LogP contribution in [0.4, 0.5) is 0 Å². The third-order valence-electron chi connectivity index (χ3n) is 5.40. The maximum Gasteiger partial charge on any atom is 0.222 e. The fourth-order valence-electron chi connectivity index (χ4n) is 3.79. The lowest BCUT2D eigenvalue weighted by molar-refractivity contribution is -0.317. The van der Waals surface area contributed by atoms with Crippen LogP contribution in [0.5, 0.6) is 0 Å². The number of carbonyl (C=O) groups is 1. The minimum atomic E-state index is -0.392. The Morgan fingerprint density at radius 1 is 1.35 bits per heavy atom. The average molecular weight is 318 g/mol. The molecule has 2 N–H and O–H groups in total. The van der Waals surface area contributed by atoms with E-state index in [0.717, 1.165) is 24.8 Å². The number of hydroxylamine groups is 2. The number of nitrogens with two attached hydrogens (primary N) is 1. The van der Waals surface area contributed by atoms with Gasteiger partial charge in [-0.1, -0.05) is 37.3 Å². The smallest absolute Gasteiger partial charge is 0.222 e. The van der Waals surface area contributed by atoms with Crippen molar-refractivity contribution in [2.24, 2.45) is 11.7 Å². The number of amides is 1. The molecule has 0 aromatic heterocycles. The van der Waals surface area contributed by atoms with Gasteiger partial charge in [0, 0.05) is 5.54 Å². The molecule has 1 heterocycles. The van der Waals surface area contributed by atoms with Gasteiger partial charge in [-0.05, 0) is 52.5 Å². The topological polar surface area (TPSA) is 55.6 Å². The Hall–Kier alpha value is -1.39. The molecule has 0 saturated carbocycles. The molecule has 23 heavy (non-hydrogen) atoms. The van der Waals surface area contributed by atoms with Gasteiger partial charge in [-0.25, -0.2) is 0 Å². The van der Waals surface area contributed by atoms with E-state index in [4.69, 9.17) is 10.6 Å². The van der Waals surface area contributed by atoms with Gasteiger partial charge in [0.25, 0.3) is 0 Å². The molecule has 4 heteroatoms. The molecule has 2 rings (SSSR count). The third kappa shape index (κ3) is 3.43. The van der Waals surface area contributed by atoms with Crippen molar-refractivity contribution < 1.29 is 9.63 Å². The first-order chi connectivity index (χ1) is 10.7. The van der Waals surface area contributed by atoms with E-state index in [-0.39, 0.29) is 23.5 Å². The van der Waals surface area contributed by atoms with Crippen molar-refractivity contribution in [1.82, 2.24) is 5.06 Å². The lowest BCUT2D eigenvalue weighted by Crippen LogP contribution is -2.65. The zero-order valence-electron chi connectivity index (χ0n) is 15.0. The maximum absolute atomic E-state index is 12.0. The highest BCUT2D eigenvalue weighted by Crippen LogP contribution is 2.45. The van der Waals surface area contributed by atoms with Crippen LogP contribution in [0.3, 0.4) is 0 Å². The van der Waals surface area contributed by atoms with Crippen molar-refractivity contribution in [2.45, 2.75) is 71.1 Å². The molecule has 1 amide bonds. The number of benzene rings is 1. The van der Waals surface area contributed by atoms with E-state index in [1.54, 1.807) is 0 Å². The highest BCUT2D eigenvalue weighted by atomic mass is 16.7. The van der Waals surface area contributed by atoms with Crippen molar-refractivity contribution in [3.8, 4) is 0 Å². The maximum atomic E-state index is 12.0. The second-order valence-corrected chi connectivity index (χ2v) is 7.47. The summed E-state index contributed by atoms with van der Waals surface area (Å²) in [6.07, 6.45) is 2.43. The predicted molar refractivity (Wildman–Crippen MR) is 92.5 cm³/mol. The molecule has 0 aliphatic carbocycles. The van der Waals surface area contributed by atoms with Crippen LogP contribution in [-0.2, 0) is 9.63 Å². The lowest BCUT2D eigenvalue weighted by Gasteiger charge is -2.56. The number of nitrogens with zero attached hydrogens (tertiary/aromatic N) is 1. The van der Waals surface area contributed by atoms with E-state index in [1.807, 2.05) is 18.2 Å². The average Bonchev–Trinajstić information content (AvgIpc) is 2.51. The van der Waals surface area contributed by atoms with Crippen molar-refractivity contribution in [3.05, 3.63) is 35.9 Å². The molecule has 1 fully saturated rings. The highest BCUT2D eigenvalue weighted by Gasteiger charge is 2.52. The van der Waals surface area contributed by atoms with Crippen LogP contribution in [-0.4, -0.2) is 22.0 Å². The van der Waals surface area contributed by atoms with E-state index >= 15 is 0 Å². The van der Waals surface area contributed by atoms with Crippen LogP contribution < -0.4 is 5.73 Å². The second-order valence-electron chi connectivity index (χ2n) is 7.47. The van der Waals surface area contributed by atoms with E-state index in [9.17, 15) is 4.79 Å². The highest BCUT2D eigenvalue weighted by molar-refractivity contribution is 5.78. The van der Waals surface area contributed by atoms with E-state index < -0.39 is 5.54 Å².